The van der Waals surface area contributed by atoms with Gasteiger partial charge in [-0.2, -0.15) is 10.2 Å². The Labute approximate surface area is 90.6 Å². The lowest BCUT2D eigenvalue weighted by Gasteiger charge is -2.04. The summed E-state index contributed by atoms with van der Waals surface area (Å²) in [7, 11) is 1.55. The van der Waals surface area contributed by atoms with Crippen molar-refractivity contribution in [1.82, 2.24) is 10.2 Å². The summed E-state index contributed by atoms with van der Waals surface area (Å²) in [5.41, 5.74) is 0.666. The number of halogens is 2. The number of rotatable bonds is 1. The highest BCUT2D eigenvalue weighted by atomic mass is 35.5. The lowest BCUT2D eigenvalue weighted by atomic mass is 10.2. The fraction of sp³-hybridized carbons (Fsp3) is 0.111. The SMILES string of the molecule is COc1cc2nncc(Cl)c2cc1Cl. The van der Waals surface area contributed by atoms with Gasteiger partial charge in [-0.3, -0.25) is 0 Å². The molecule has 3 nitrogen and oxygen atoms in total. The summed E-state index contributed by atoms with van der Waals surface area (Å²) in [5.74, 6) is 0.565. The maximum absolute atomic E-state index is 5.94. The molecule has 0 bridgehead atoms. The first kappa shape index (κ1) is 9.49. The molecule has 0 N–H and O–H groups in total. The van der Waals surface area contributed by atoms with Gasteiger partial charge in [0.15, 0.2) is 0 Å². The minimum absolute atomic E-state index is 0.509. The molecule has 0 spiro atoms. The van der Waals surface area contributed by atoms with Crippen LogP contribution in [0.3, 0.4) is 0 Å². The van der Waals surface area contributed by atoms with Crippen LogP contribution >= 0.6 is 23.2 Å². The quantitative estimate of drug-likeness (QED) is 0.753. The van der Waals surface area contributed by atoms with Crippen molar-refractivity contribution in [3.8, 4) is 5.75 Å². The number of nitrogens with zero attached hydrogens (tertiary/aromatic N) is 2. The average molecular weight is 229 g/mol. The van der Waals surface area contributed by atoms with Crippen LogP contribution in [0.4, 0.5) is 0 Å². The van der Waals surface area contributed by atoms with Crippen LogP contribution in [0.5, 0.6) is 5.75 Å². The van der Waals surface area contributed by atoms with Gasteiger partial charge < -0.3 is 4.74 Å². The third kappa shape index (κ3) is 1.49. The number of aromatic nitrogens is 2. The van der Waals surface area contributed by atoms with Crippen molar-refractivity contribution in [2.24, 2.45) is 0 Å². The zero-order chi connectivity index (χ0) is 10.1. The molecule has 14 heavy (non-hydrogen) atoms. The Bertz CT molecular complexity index is 487. The Balaban J connectivity index is 2.79. The summed E-state index contributed by atoms with van der Waals surface area (Å²) in [6.07, 6.45) is 1.48. The van der Waals surface area contributed by atoms with Gasteiger partial charge in [-0.05, 0) is 6.07 Å². The van der Waals surface area contributed by atoms with Crippen LogP contribution in [0.15, 0.2) is 18.3 Å². The smallest absolute Gasteiger partial charge is 0.139 e. The summed E-state index contributed by atoms with van der Waals surface area (Å²) >= 11 is 11.9. The number of methoxy groups -OCH3 is 1. The maximum atomic E-state index is 5.94. The van der Waals surface area contributed by atoms with Gasteiger partial charge in [0.05, 0.1) is 28.9 Å². The first-order chi connectivity index (χ1) is 6.72. The molecular weight excluding hydrogens is 223 g/mol. The Morgan fingerprint density at radius 3 is 2.71 bits per heavy atom. The van der Waals surface area contributed by atoms with Crippen LogP contribution in [0.1, 0.15) is 0 Å². The molecule has 0 saturated carbocycles. The number of hydrogen-bond donors (Lipinski definition) is 0. The van der Waals surface area contributed by atoms with Crippen molar-refractivity contribution in [3.05, 3.63) is 28.4 Å². The van der Waals surface area contributed by atoms with Crippen LogP contribution in [0, 0.1) is 0 Å². The van der Waals surface area contributed by atoms with Crippen LogP contribution in [-0.4, -0.2) is 17.3 Å². The van der Waals surface area contributed by atoms with Gasteiger partial charge >= 0.3 is 0 Å². The van der Waals surface area contributed by atoms with E-state index < -0.39 is 0 Å². The van der Waals surface area contributed by atoms with Gasteiger partial charge in [-0.25, -0.2) is 0 Å². The van der Waals surface area contributed by atoms with E-state index in [1.54, 1.807) is 19.2 Å². The monoisotopic (exact) mass is 228 g/mol. The van der Waals surface area contributed by atoms with Crippen LogP contribution in [-0.2, 0) is 0 Å². The number of hydrogen-bond acceptors (Lipinski definition) is 3. The van der Waals surface area contributed by atoms with E-state index in [1.165, 1.54) is 6.20 Å². The highest BCUT2D eigenvalue weighted by molar-refractivity contribution is 6.37. The van der Waals surface area contributed by atoms with E-state index in [9.17, 15) is 0 Å². The molecule has 2 rings (SSSR count). The summed E-state index contributed by atoms with van der Waals surface area (Å²) in [5, 5.41) is 9.46. The van der Waals surface area contributed by atoms with Crippen molar-refractivity contribution in [3.63, 3.8) is 0 Å². The molecule has 0 amide bonds. The van der Waals surface area contributed by atoms with Gasteiger partial charge in [-0.15, -0.1) is 0 Å². The van der Waals surface area contributed by atoms with Gasteiger partial charge in [0.25, 0.3) is 0 Å². The van der Waals surface area contributed by atoms with E-state index in [-0.39, 0.29) is 0 Å². The molecule has 0 saturated heterocycles. The van der Waals surface area contributed by atoms with Crippen molar-refractivity contribution in [1.29, 1.82) is 0 Å². The van der Waals surface area contributed by atoms with Crippen molar-refractivity contribution < 1.29 is 4.74 Å². The van der Waals surface area contributed by atoms with E-state index in [4.69, 9.17) is 27.9 Å². The van der Waals surface area contributed by atoms with Crippen molar-refractivity contribution >= 4 is 34.1 Å². The molecular formula is C9H6Cl2N2O. The Hall–Kier alpha value is -1.06. The summed E-state index contributed by atoms with van der Waals surface area (Å²) in [6, 6.07) is 3.42. The van der Waals surface area contributed by atoms with Gasteiger partial charge in [-0.1, -0.05) is 23.2 Å². The summed E-state index contributed by atoms with van der Waals surface area (Å²) < 4.78 is 5.05. The zero-order valence-electron chi connectivity index (χ0n) is 7.29. The second-order valence-corrected chi connectivity index (χ2v) is 3.51. The molecule has 1 aromatic heterocycles. The second kappa shape index (κ2) is 3.59. The largest absolute Gasteiger partial charge is 0.495 e. The van der Waals surface area contributed by atoms with Crippen molar-refractivity contribution in [2.45, 2.75) is 0 Å². The van der Waals surface area contributed by atoms with E-state index in [1.807, 2.05) is 0 Å². The number of fused-ring (bicyclic) bond motifs is 1. The van der Waals surface area contributed by atoms with E-state index in [2.05, 4.69) is 10.2 Å². The lowest BCUT2D eigenvalue weighted by molar-refractivity contribution is 0.415. The molecule has 0 atom stereocenters. The molecule has 0 aliphatic rings. The van der Waals surface area contributed by atoms with Crippen LogP contribution in [0.2, 0.25) is 10.0 Å². The molecule has 0 aliphatic heterocycles. The standard InChI is InChI=1S/C9H6Cl2N2O/c1-14-9-3-8-5(2-6(9)10)7(11)4-12-13-8/h2-4H,1H3. The fourth-order valence-electron chi connectivity index (χ4n) is 1.18. The zero-order valence-corrected chi connectivity index (χ0v) is 8.80. The van der Waals surface area contributed by atoms with Gasteiger partial charge in [0, 0.05) is 11.5 Å². The first-order valence-electron chi connectivity index (χ1n) is 3.87. The molecule has 0 fully saturated rings. The van der Waals surface area contributed by atoms with Crippen molar-refractivity contribution in [2.75, 3.05) is 7.11 Å². The van der Waals surface area contributed by atoms with Gasteiger partial charge in [0.1, 0.15) is 5.75 Å². The van der Waals surface area contributed by atoms with Crippen LogP contribution in [0.25, 0.3) is 10.9 Å². The predicted octanol–water partition coefficient (Wildman–Crippen LogP) is 2.95. The minimum atomic E-state index is 0.509. The third-order valence-electron chi connectivity index (χ3n) is 1.86. The van der Waals surface area contributed by atoms with E-state index >= 15 is 0 Å². The topological polar surface area (TPSA) is 35.0 Å². The molecule has 5 heteroatoms. The highest BCUT2D eigenvalue weighted by Crippen LogP contribution is 2.31. The molecule has 0 aliphatic carbocycles. The average Bonchev–Trinajstić information content (AvgIpc) is 2.19. The molecule has 1 heterocycles. The molecule has 1 aromatic carbocycles. The molecule has 0 unspecified atom stereocenters. The highest BCUT2D eigenvalue weighted by Gasteiger charge is 2.06. The first-order valence-corrected chi connectivity index (χ1v) is 4.62. The molecule has 72 valence electrons. The number of benzene rings is 1. The van der Waals surface area contributed by atoms with Gasteiger partial charge in [0.2, 0.25) is 0 Å². The lowest BCUT2D eigenvalue weighted by Crippen LogP contribution is -1.88. The normalized spacial score (nSPS) is 10.5. The second-order valence-electron chi connectivity index (χ2n) is 2.70. The van der Waals surface area contributed by atoms with E-state index in [0.29, 0.717) is 21.3 Å². The minimum Gasteiger partial charge on any atom is -0.495 e. The Morgan fingerprint density at radius 1 is 1.21 bits per heavy atom. The number of ether oxygens (including phenoxy) is 1. The summed E-state index contributed by atoms with van der Waals surface area (Å²) in [4.78, 5) is 0. The predicted molar refractivity (Wildman–Crippen MR) is 56.1 cm³/mol. The fourth-order valence-corrected chi connectivity index (χ4v) is 1.62. The molecule has 0 radical (unpaired) electrons. The third-order valence-corrected chi connectivity index (χ3v) is 2.46. The maximum Gasteiger partial charge on any atom is 0.139 e. The molecule has 2 aromatic rings. The summed E-state index contributed by atoms with van der Waals surface area (Å²) in [6.45, 7) is 0. The van der Waals surface area contributed by atoms with Crippen LogP contribution < -0.4 is 4.74 Å². The Morgan fingerprint density at radius 2 is 2.00 bits per heavy atom. The van der Waals surface area contributed by atoms with E-state index in [0.717, 1.165) is 5.39 Å². The Kier molecular flexibility index (Phi) is 2.44.